The van der Waals surface area contributed by atoms with Crippen molar-refractivity contribution in [2.24, 2.45) is 0 Å². The van der Waals surface area contributed by atoms with Gasteiger partial charge in [-0.1, -0.05) is 0 Å². The first-order chi connectivity index (χ1) is 6.64. The van der Waals surface area contributed by atoms with Gasteiger partial charge in [0.25, 0.3) is 0 Å². The van der Waals surface area contributed by atoms with Gasteiger partial charge in [0.05, 0.1) is 0 Å². The smallest absolute Gasteiger partial charge is 0.237 e. The fourth-order valence-corrected chi connectivity index (χ4v) is 4.32. The molecule has 2 N–H and O–H groups in total. The zero-order chi connectivity index (χ0) is 11.9. The second kappa shape index (κ2) is 4.89. The third-order valence-corrected chi connectivity index (χ3v) is 7.81. The second-order valence-corrected chi connectivity index (χ2v) is 14.3. The molecule has 1 saturated heterocycles. The first-order valence-electron chi connectivity index (χ1n) is 4.47. The maximum atomic E-state index is 12.0. The topological polar surface area (TPSA) is 58.2 Å². The molecule has 0 aromatic heterocycles. The van der Waals surface area contributed by atoms with Crippen molar-refractivity contribution in [2.75, 3.05) is 0 Å². The van der Waals surface area contributed by atoms with Crippen molar-refractivity contribution in [1.29, 1.82) is 0 Å². The van der Waals surface area contributed by atoms with E-state index >= 15 is 0 Å². The lowest BCUT2D eigenvalue weighted by molar-refractivity contribution is 0.312. The molecule has 1 aliphatic rings. The minimum Gasteiger partial charge on any atom is -0.286 e. The molecule has 2 unspecified atom stereocenters. The maximum Gasteiger partial charge on any atom is 0.237 e. The van der Waals surface area contributed by atoms with Gasteiger partial charge < -0.3 is 0 Å². The lowest BCUT2D eigenvalue weighted by Crippen LogP contribution is -2.61. The Balaban J connectivity index is 2.89. The van der Waals surface area contributed by atoms with E-state index in [1.54, 1.807) is 0 Å². The van der Waals surface area contributed by atoms with E-state index in [4.69, 9.17) is 0 Å². The zero-order valence-corrected chi connectivity index (χ0v) is 13.9. The number of hydrogen-bond donors (Lipinski definition) is 2. The first kappa shape index (κ1) is 14.4. The van der Waals surface area contributed by atoms with E-state index in [-0.39, 0.29) is 12.1 Å². The molecule has 0 saturated carbocycles. The summed E-state index contributed by atoms with van der Waals surface area (Å²) in [6.45, 7) is 3.94. The van der Waals surface area contributed by atoms with Gasteiger partial charge in [-0.2, -0.15) is 0 Å². The second-order valence-electron chi connectivity index (χ2n) is 3.74. The third kappa shape index (κ3) is 3.38. The van der Waals surface area contributed by atoms with Gasteiger partial charge in [0.1, 0.15) is 0 Å². The summed E-state index contributed by atoms with van der Waals surface area (Å²) in [6, 6.07) is 0.353. The fraction of sp³-hybridized carbons (Fsp3) is 1.00. The van der Waals surface area contributed by atoms with Crippen LogP contribution in [0.4, 0.5) is 0 Å². The summed E-state index contributed by atoms with van der Waals surface area (Å²) in [7, 11) is -3.44. The van der Waals surface area contributed by atoms with Crippen LogP contribution in [0.2, 0.25) is 0 Å². The molecule has 0 radical (unpaired) electrons. The number of sulfone groups is 1. The Labute approximate surface area is 115 Å². The van der Waals surface area contributed by atoms with Crippen molar-refractivity contribution < 1.29 is 8.42 Å². The average Bonchev–Trinajstić information content (AvgIpc) is 1.99. The SMILES string of the molecule is CC1CC(C)NC(S(=O)(=O)C(Br)(Br)Br)N1. The predicted octanol–water partition coefficient (Wildman–Crippen LogP) is 1.84. The summed E-state index contributed by atoms with van der Waals surface area (Å²) in [4.78, 5) is 0. The summed E-state index contributed by atoms with van der Waals surface area (Å²) in [5.41, 5.74) is -0.755. The predicted molar refractivity (Wildman–Crippen MR) is 72.0 cm³/mol. The van der Waals surface area contributed by atoms with Gasteiger partial charge in [-0.3, -0.25) is 10.6 Å². The third-order valence-electron chi connectivity index (χ3n) is 2.21. The van der Waals surface area contributed by atoms with Gasteiger partial charge in [0.2, 0.25) is 11.3 Å². The van der Waals surface area contributed by atoms with Crippen LogP contribution in [0.25, 0.3) is 0 Å². The van der Waals surface area contributed by atoms with Crippen molar-refractivity contribution in [2.45, 2.75) is 39.3 Å². The molecule has 0 aromatic carbocycles. The van der Waals surface area contributed by atoms with Gasteiger partial charge in [-0.05, 0) is 68.1 Å². The summed E-state index contributed by atoms with van der Waals surface area (Å²) in [6.07, 6.45) is 0.909. The van der Waals surface area contributed by atoms with Crippen LogP contribution in [0.5, 0.6) is 0 Å². The molecule has 0 aliphatic carbocycles. The first-order valence-corrected chi connectivity index (χ1v) is 8.39. The van der Waals surface area contributed by atoms with E-state index in [1.165, 1.54) is 0 Å². The molecule has 1 rings (SSSR count). The average molecular weight is 429 g/mol. The van der Waals surface area contributed by atoms with Crippen molar-refractivity contribution in [3.8, 4) is 0 Å². The molecule has 1 fully saturated rings. The van der Waals surface area contributed by atoms with Gasteiger partial charge in [-0.15, -0.1) is 0 Å². The van der Waals surface area contributed by atoms with E-state index in [9.17, 15) is 8.42 Å². The van der Waals surface area contributed by atoms with Crippen molar-refractivity contribution in [1.82, 2.24) is 10.6 Å². The van der Waals surface area contributed by atoms with E-state index in [0.29, 0.717) is 0 Å². The van der Waals surface area contributed by atoms with E-state index in [0.717, 1.165) is 6.42 Å². The van der Waals surface area contributed by atoms with Crippen LogP contribution in [0.3, 0.4) is 0 Å². The van der Waals surface area contributed by atoms with Crippen LogP contribution in [0.15, 0.2) is 0 Å². The Morgan fingerprint density at radius 2 is 1.53 bits per heavy atom. The van der Waals surface area contributed by atoms with Crippen LogP contribution < -0.4 is 10.6 Å². The van der Waals surface area contributed by atoms with Crippen LogP contribution in [-0.2, 0) is 9.84 Å². The Morgan fingerprint density at radius 3 is 1.87 bits per heavy atom. The highest BCUT2D eigenvalue weighted by Crippen LogP contribution is 2.41. The van der Waals surface area contributed by atoms with Crippen molar-refractivity contribution in [3.05, 3.63) is 0 Å². The standard InChI is InChI=1S/C7H13Br3N2O2S/c1-4-3-5(2)12-6(11-4)15(13,14)7(8,9)10/h4-6,11-12H,3H2,1-2H3. The number of alkyl halides is 3. The normalized spacial score (nSPS) is 34.1. The molecule has 2 atom stereocenters. The fourth-order valence-electron chi connectivity index (χ4n) is 1.54. The summed E-state index contributed by atoms with van der Waals surface area (Å²) in [5.74, 6) is 0. The Morgan fingerprint density at radius 1 is 1.13 bits per heavy atom. The van der Waals surface area contributed by atoms with Gasteiger partial charge in [-0.25, -0.2) is 8.42 Å². The number of halogens is 3. The molecule has 1 aliphatic heterocycles. The van der Waals surface area contributed by atoms with Gasteiger partial charge in [0, 0.05) is 12.1 Å². The molecular weight excluding hydrogens is 416 g/mol. The molecule has 8 heteroatoms. The molecule has 0 amide bonds. The monoisotopic (exact) mass is 426 g/mol. The van der Waals surface area contributed by atoms with Gasteiger partial charge in [0.15, 0.2) is 5.50 Å². The molecule has 0 spiro atoms. The van der Waals surface area contributed by atoms with E-state index < -0.39 is 16.8 Å². The summed E-state index contributed by atoms with van der Waals surface area (Å²) < 4.78 is 22.8. The minimum atomic E-state index is -3.44. The molecule has 15 heavy (non-hydrogen) atoms. The lowest BCUT2D eigenvalue weighted by atomic mass is 10.1. The quantitative estimate of drug-likeness (QED) is 0.626. The largest absolute Gasteiger partial charge is 0.286 e. The minimum absolute atomic E-state index is 0.177. The highest BCUT2D eigenvalue weighted by Gasteiger charge is 2.44. The Hall–Kier alpha value is 1.31. The van der Waals surface area contributed by atoms with Crippen LogP contribution >= 0.6 is 47.8 Å². The van der Waals surface area contributed by atoms with E-state index in [2.05, 4.69) is 58.4 Å². The highest BCUT2D eigenvalue weighted by atomic mass is 80.0. The number of hydrogen-bond acceptors (Lipinski definition) is 4. The summed E-state index contributed by atoms with van der Waals surface area (Å²) >= 11 is 9.12. The lowest BCUT2D eigenvalue weighted by Gasteiger charge is -2.35. The van der Waals surface area contributed by atoms with Crippen molar-refractivity contribution >= 4 is 57.6 Å². The Kier molecular flexibility index (Phi) is 4.69. The van der Waals surface area contributed by atoms with Crippen LogP contribution in [0.1, 0.15) is 20.3 Å². The number of rotatable bonds is 1. The molecule has 4 nitrogen and oxygen atoms in total. The highest BCUT2D eigenvalue weighted by molar-refractivity contribution is 9.42. The maximum absolute atomic E-state index is 12.0. The number of nitrogens with one attached hydrogen (secondary N) is 2. The van der Waals surface area contributed by atoms with E-state index in [1.807, 2.05) is 13.8 Å². The van der Waals surface area contributed by atoms with Crippen LogP contribution in [-0.4, -0.2) is 27.5 Å². The van der Waals surface area contributed by atoms with Crippen LogP contribution in [0, 0.1) is 0 Å². The van der Waals surface area contributed by atoms with Crippen molar-refractivity contribution in [3.63, 3.8) is 0 Å². The molecule has 1 heterocycles. The Bertz CT molecular complexity index is 318. The molecule has 0 bridgehead atoms. The molecule has 0 aromatic rings. The zero-order valence-electron chi connectivity index (χ0n) is 8.30. The molecular formula is C7H13Br3N2O2S. The summed E-state index contributed by atoms with van der Waals surface area (Å²) in [5, 5.41) is 6.01. The van der Waals surface area contributed by atoms with Gasteiger partial charge >= 0.3 is 0 Å². The molecule has 90 valence electrons.